The van der Waals surface area contributed by atoms with Crippen LogP contribution in [-0.2, 0) is 55.6 Å². The maximum Gasteiger partial charge on any atom is 1.00 e. The van der Waals surface area contributed by atoms with Crippen molar-refractivity contribution in [1.29, 1.82) is 0 Å². The fraction of sp³-hybridized carbons (Fsp3) is 0.148. The van der Waals surface area contributed by atoms with Gasteiger partial charge in [-0.3, -0.25) is 11.8 Å². The summed E-state index contributed by atoms with van der Waals surface area (Å²) in [5, 5.41) is 5.96. The topological polar surface area (TPSA) is 0 Å². The molecule has 0 nitrogen and oxygen atoms in total. The van der Waals surface area contributed by atoms with Crippen LogP contribution in [-0.4, -0.2) is 4.90 Å². The van der Waals surface area contributed by atoms with Crippen molar-refractivity contribution in [3.63, 3.8) is 0 Å². The third kappa shape index (κ3) is 9.72. The fourth-order valence-electron chi connectivity index (χ4n) is 10.0. The molecule has 0 atom stereocenters. The molecule has 4 heteroatoms. The van der Waals surface area contributed by atoms with Crippen LogP contribution in [0.3, 0.4) is 0 Å². The first kappa shape index (κ1) is 49.7. The van der Waals surface area contributed by atoms with Gasteiger partial charge < -0.3 is 12.8 Å². The van der Waals surface area contributed by atoms with E-state index in [-0.39, 0.29) is 60.5 Å². The molecule has 0 saturated carbocycles. The molecule has 8 aromatic carbocycles. The number of hydrogen-bond acceptors (Lipinski definition) is 0. The normalized spacial score (nSPS) is 13.0. The van der Waals surface area contributed by atoms with Crippen LogP contribution in [0.1, 0.15) is 74.9 Å². The summed E-state index contributed by atoms with van der Waals surface area (Å²) in [6.45, 7) is 14.0. The second-order valence-electron chi connectivity index (χ2n) is 17.9. The molecular weight excluding hydrogens is 1190 g/mol. The molecule has 2 aliphatic rings. The van der Waals surface area contributed by atoms with E-state index < -0.39 is 15.8 Å². The predicted molar refractivity (Wildman–Crippen MR) is 275 cm³/mol. The van der Waals surface area contributed by atoms with Gasteiger partial charge in [0.25, 0.3) is 0 Å². The molecule has 8 aromatic rings. The quantitative estimate of drug-likeness (QED) is 0.0674. The molecule has 0 saturated heterocycles. The Kier molecular flexibility index (Phi) is 16.2. The van der Waals surface area contributed by atoms with Crippen molar-refractivity contribution in [1.82, 2.24) is 0 Å². The van der Waals surface area contributed by atoms with E-state index in [1.807, 2.05) is 24.3 Å². The average Bonchev–Trinajstić information content (AvgIpc) is 3.70. The van der Waals surface area contributed by atoms with Gasteiger partial charge in [-0.1, -0.05) is 184 Å². The minimum absolute atomic E-state index is 0. The minimum Gasteiger partial charge on any atom is -0.366 e. The standard InChI is InChI=1S/C27H26P2.2C17H13.2Au/c1-27(2,28(23-15-7-3-8-16-23)24-17-9-4-10-18-24)29(25-19-11-5-12-20-25)26-21-13-6-14-22-26;2*1-4-12-8-7-11-15-16(12)13-9-5-6-10-14(13)17(15,2)3;;/h3-22H,1-2H3;2*5-11H,2-3H3;;/q;2*-1;2*+1/p+2. The van der Waals surface area contributed by atoms with Gasteiger partial charge >= 0.3 is 44.8 Å². The van der Waals surface area contributed by atoms with Gasteiger partial charge in [-0.15, -0.1) is 23.3 Å². The van der Waals surface area contributed by atoms with E-state index in [1.54, 1.807) is 0 Å². The molecule has 0 unspecified atom stereocenters. The summed E-state index contributed by atoms with van der Waals surface area (Å²) in [4.78, 5) is 0.154. The summed E-state index contributed by atoms with van der Waals surface area (Å²) >= 11 is 0. The molecule has 0 spiro atoms. The largest absolute Gasteiger partial charge is 1.00 e. The van der Waals surface area contributed by atoms with Crippen LogP contribution in [0.4, 0.5) is 0 Å². The van der Waals surface area contributed by atoms with Crippen molar-refractivity contribution in [2.75, 3.05) is 0 Å². The van der Waals surface area contributed by atoms with Crippen LogP contribution in [0.25, 0.3) is 22.3 Å². The van der Waals surface area contributed by atoms with Crippen molar-refractivity contribution >= 4 is 37.1 Å². The van der Waals surface area contributed by atoms with E-state index in [0.29, 0.717) is 0 Å². The van der Waals surface area contributed by atoms with Crippen molar-refractivity contribution in [2.45, 2.75) is 57.3 Å². The van der Waals surface area contributed by atoms with Crippen LogP contribution in [0.15, 0.2) is 206 Å². The molecule has 0 fully saturated rings. The van der Waals surface area contributed by atoms with Gasteiger partial charge in [-0.25, -0.2) is 0 Å². The first-order chi connectivity index (χ1) is 30.5. The summed E-state index contributed by atoms with van der Waals surface area (Å²) in [7, 11) is -2.05. The van der Waals surface area contributed by atoms with Crippen LogP contribution < -0.4 is 21.2 Å². The van der Waals surface area contributed by atoms with Crippen molar-refractivity contribution in [3.8, 4) is 34.1 Å². The molecule has 2 aliphatic carbocycles. The Morgan fingerprint density at radius 2 is 0.615 bits per heavy atom. The third-order valence-electron chi connectivity index (χ3n) is 13.0. The zero-order chi connectivity index (χ0) is 44.2. The van der Waals surface area contributed by atoms with E-state index >= 15 is 0 Å². The SMILES string of the molecule is CC(C)([PH+](c1ccccc1)c1ccccc1)[PH+](c1ccccc1)c1ccccc1.[Au+].[Au+].[C-]#Cc1cccc2c1-c1ccccc1C2(C)C.[C-]#Cc1cccc2c1-c1ccccc1C2(C)C. The van der Waals surface area contributed by atoms with E-state index in [2.05, 4.69) is 235 Å². The van der Waals surface area contributed by atoms with Gasteiger partial charge in [0.2, 0.25) is 0 Å². The van der Waals surface area contributed by atoms with E-state index in [0.717, 1.165) is 11.1 Å². The molecule has 328 valence electrons. The Hall–Kier alpha value is -4.78. The van der Waals surface area contributed by atoms with Crippen molar-refractivity contribution in [3.05, 3.63) is 252 Å². The molecule has 0 amide bonds. The van der Waals surface area contributed by atoms with Crippen molar-refractivity contribution in [2.24, 2.45) is 0 Å². The third-order valence-corrected chi connectivity index (χ3v) is 20.6. The summed E-state index contributed by atoms with van der Waals surface area (Å²) in [5.41, 5.74) is 12.0. The molecular formula is C61H54Au2P2+2. The van der Waals surface area contributed by atoms with Gasteiger partial charge in [0, 0.05) is 24.7 Å². The number of hydrogen-bond donors (Lipinski definition) is 0. The van der Waals surface area contributed by atoms with Gasteiger partial charge in [0.05, 0.1) is 0 Å². The Labute approximate surface area is 422 Å². The maximum absolute atomic E-state index is 7.43. The number of benzene rings is 8. The number of rotatable bonds is 6. The summed E-state index contributed by atoms with van der Waals surface area (Å²) in [6.07, 6.45) is 14.9. The predicted octanol–water partition coefficient (Wildman–Crippen LogP) is 13.3. The molecule has 0 radical (unpaired) electrons. The van der Waals surface area contributed by atoms with Crippen LogP contribution in [0.2, 0.25) is 0 Å². The van der Waals surface area contributed by atoms with Crippen molar-refractivity contribution < 1.29 is 44.8 Å². The van der Waals surface area contributed by atoms with Crippen LogP contribution >= 0.6 is 15.8 Å². The monoisotopic (exact) mass is 1240 g/mol. The fourth-order valence-corrected chi connectivity index (χ4v) is 18.4. The molecule has 0 aromatic heterocycles. The molecule has 65 heavy (non-hydrogen) atoms. The average molecular weight is 1240 g/mol. The zero-order valence-corrected chi connectivity index (χ0v) is 44.1. The van der Waals surface area contributed by atoms with E-state index in [9.17, 15) is 0 Å². The minimum atomic E-state index is -1.02. The van der Waals surface area contributed by atoms with E-state index in [4.69, 9.17) is 12.8 Å². The zero-order valence-electron chi connectivity index (χ0n) is 37.7. The molecule has 0 N–H and O–H groups in total. The Morgan fingerprint density at radius 3 is 0.908 bits per heavy atom. The van der Waals surface area contributed by atoms with Crippen LogP contribution in [0, 0.1) is 24.7 Å². The van der Waals surface area contributed by atoms with Gasteiger partial charge in [-0.2, -0.15) is 0 Å². The second-order valence-corrected chi connectivity index (χ2v) is 24.7. The first-order valence-corrected chi connectivity index (χ1v) is 24.8. The van der Waals surface area contributed by atoms with Crippen LogP contribution in [0.5, 0.6) is 0 Å². The Bertz CT molecular complexity index is 2660. The Morgan fingerprint density at radius 1 is 0.354 bits per heavy atom. The smallest absolute Gasteiger partial charge is 0.366 e. The summed E-state index contributed by atoms with van der Waals surface area (Å²) in [6, 6.07) is 73.9. The molecule has 0 aliphatic heterocycles. The maximum atomic E-state index is 7.43. The van der Waals surface area contributed by atoms with E-state index in [1.165, 1.54) is 65.7 Å². The van der Waals surface area contributed by atoms with Gasteiger partial charge in [0.15, 0.2) is 4.90 Å². The molecule has 10 rings (SSSR count). The first-order valence-electron chi connectivity index (χ1n) is 21.8. The molecule has 0 heterocycles. The molecule has 0 bridgehead atoms. The Balaban J connectivity index is 0.000000168. The number of fused-ring (bicyclic) bond motifs is 6. The van der Waals surface area contributed by atoms with Gasteiger partial charge in [0.1, 0.15) is 37.1 Å². The summed E-state index contributed by atoms with van der Waals surface area (Å²) in [5.74, 6) is 5.11. The van der Waals surface area contributed by atoms with Gasteiger partial charge in [-0.05, 0) is 81.9 Å². The summed E-state index contributed by atoms with van der Waals surface area (Å²) < 4.78 is 0. The second kappa shape index (κ2) is 21.2.